The van der Waals surface area contributed by atoms with E-state index in [1.54, 1.807) is 21.9 Å². The minimum Gasteiger partial charge on any atom is -0.342 e. The van der Waals surface area contributed by atoms with Crippen LogP contribution in [0.1, 0.15) is 39.2 Å². The minimum absolute atomic E-state index is 0.0473. The summed E-state index contributed by atoms with van der Waals surface area (Å²) in [5.74, 6) is -0.103. The zero-order chi connectivity index (χ0) is 19.3. The van der Waals surface area contributed by atoms with Crippen molar-refractivity contribution in [3.05, 3.63) is 23.8 Å². The van der Waals surface area contributed by atoms with Gasteiger partial charge in [0.2, 0.25) is 21.8 Å². The average molecular weight is 381 g/mol. The summed E-state index contributed by atoms with van der Waals surface area (Å²) in [4.78, 5) is 26.7. The number of benzene rings is 1. The molecule has 1 N–H and O–H groups in total. The van der Waals surface area contributed by atoms with Gasteiger partial charge in [-0.05, 0) is 36.6 Å². The molecule has 0 bridgehead atoms. The third-order valence-corrected chi connectivity index (χ3v) is 6.00. The van der Waals surface area contributed by atoms with Gasteiger partial charge < -0.3 is 9.80 Å². The Balaban J connectivity index is 2.02. The number of amides is 2. The third-order valence-electron chi connectivity index (χ3n) is 4.54. The van der Waals surface area contributed by atoms with Crippen LogP contribution in [0.5, 0.6) is 0 Å². The van der Waals surface area contributed by atoms with E-state index in [0.717, 1.165) is 24.1 Å². The van der Waals surface area contributed by atoms with Gasteiger partial charge in [0.1, 0.15) is 0 Å². The Morgan fingerprint density at radius 2 is 1.96 bits per heavy atom. The van der Waals surface area contributed by atoms with Crippen LogP contribution < -0.4 is 9.62 Å². The summed E-state index contributed by atoms with van der Waals surface area (Å²) >= 11 is 0. The van der Waals surface area contributed by atoms with E-state index in [-0.39, 0.29) is 23.3 Å². The molecule has 0 radical (unpaired) electrons. The van der Waals surface area contributed by atoms with Crippen LogP contribution in [0.25, 0.3) is 0 Å². The molecule has 0 saturated heterocycles. The minimum atomic E-state index is -3.65. The van der Waals surface area contributed by atoms with E-state index in [1.807, 2.05) is 6.92 Å². The second kappa shape index (κ2) is 8.64. The number of nitrogens with zero attached hydrogens (tertiary/aromatic N) is 2. The lowest BCUT2D eigenvalue weighted by Gasteiger charge is -2.21. The summed E-state index contributed by atoms with van der Waals surface area (Å²) < 4.78 is 27.6. The molecule has 1 aliphatic rings. The smallest absolute Gasteiger partial charge is 0.240 e. The number of hydrogen-bond donors (Lipinski definition) is 1. The molecule has 1 aromatic carbocycles. The molecule has 2 amide bonds. The summed E-state index contributed by atoms with van der Waals surface area (Å²) in [6.45, 7) is 6.76. The molecule has 8 heteroatoms. The van der Waals surface area contributed by atoms with Crippen molar-refractivity contribution < 1.29 is 18.0 Å². The second-order valence-corrected chi connectivity index (χ2v) is 8.24. The molecule has 0 unspecified atom stereocenters. The molecule has 0 aromatic heterocycles. The zero-order valence-corrected chi connectivity index (χ0v) is 16.4. The van der Waals surface area contributed by atoms with Crippen molar-refractivity contribution >= 4 is 27.5 Å². The van der Waals surface area contributed by atoms with Crippen molar-refractivity contribution in [1.82, 2.24) is 9.62 Å². The number of carbonyl (C=O) groups excluding carboxylic acids is 2. The number of nitrogens with one attached hydrogen (secondary N) is 1. The Labute approximate surface area is 155 Å². The highest BCUT2D eigenvalue weighted by Gasteiger charge is 2.24. The molecule has 26 heavy (non-hydrogen) atoms. The van der Waals surface area contributed by atoms with E-state index in [1.165, 1.54) is 19.9 Å². The van der Waals surface area contributed by atoms with Gasteiger partial charge in [0.05, 0.1) is 4.90 Å². The van der Waals surface area contributed by atoms with Crippen LogP contribution in [-0.2, 0) is 26.0 Å². The van der Waals surface area contributed by atoms with Crippen molar-refractivity contribution in [2.75, 3.05) is 31.1 Å². The van der Waals surface area contributed by atoms with Gasteiger partial charge >= 0.3 is 0 Å². The zero-order valence-electron chi connectivity index (χ0n) is 15.6. The van der Waals surface area contributed by atoms with Gasteiger partial charge in [0, 0.05) is 45.7 Å². The molecule has 0 aliphatic carbocycles. The number of sulfonamides is 1. The lowest BCUT2D eigenvalue weighted by Crippen LogP contribution is -2.38. The van der Waals surface area contributed by atoms with E-state index in [0.29, 0.717) is 26.1 Å². The SMILES string of the molecule is CCCCN(CCNS(=O)(=O)c1ccc2c(c1)CCN2C(C)=O)C(C)=O. The maximum absolute atomic E-state index is 12.5. The summed E-state index contributed by atoms with van der Waals surface area (Å²) in [6.07, 6.45) is 2.51. The maximum atomic E-state index is 12.5. The molecule has 0 atom stereocenters. The summed E-state index contributed by atoms with van der Waals surface area (Å²) in [7, 11) is -3.65. The van der Waals surface area contributed by atoms with E-state index in [9.17, 15) is 18.0 Å². The topological polar surface area (TPSA) is 86.8 Å². The molecule has 144 valence electrons. The fourth-order valence-corrected chi connectivity index (χ4v) is 4.12. The largest absolute Gasteiger partial charge is 0.342 e. The highest BCUT2D eigenvalue weighted by atomic mass is 32.2. The van der Waals surface area contributed by atoms with E-state index in [2.05, 4.69) is 4.72 Å². The number of carbonyl (C=O) groups is 2. The van der Waals surface area contributed by atoms with E-state index in [4.69, 9.17) is 0 Å². The molecule has 1 aromatic rings. The molecule has 0 fully saturated rings. The van der Waals surface area contributed by atoms with Gasteiger partial charge in [-0.2, -0.15) is 0 Å². The Bertz CT molecular complexity index is 777. The van der Waals surface area contributed by atoms with Gasteiger partial charge in [-0.15, -0.1) is 0 Å². The highest BCUT2D eigenvalue weighted by Crippen LogP contribution is 2.30. The van der Waals surface area contributed by atoms with Crippen LogP contribution in [0.3, 0.4) is 0 Å². The van der Waals surface area contributed by atoms with Crippen molar-refractivity contribution in [2.24, 2.45) is 0 Å². The molecular formula is C18H27N3O4S. The molecule has 1 aliphatic heterocycles. The van der Waals surface area contributed by atoms with Crippen LogP contribution in [0, 0.1) is 0 Å². The van der Waals surface area contributed by atoms with Crippen molar-refractivity contribution in [1.29, 1.82) is 0 Å². The quantitative estimate of drug-likeness (QED) is 0.740. The van der Waals surface area contributed by atoms with Gasteiger partial charge in [0.25, 0.3) is 0 Å². The molecule has 0 saturated carbocycles. The predicted octanol–water partition coefficient (Wildman–Crippen LogP) is 1.52. The summed E-state index contributed by atoms with van der Waals surface area (Å²) in [6, 6.07) is 4.82. The fraction of sp³-hybridized carbons (Fsp3) is 0.556. The van der Waals surface area contributed by atoms with Gasteiger partial charge in [-0.1, -0.05) is 13.3 Å². The Morgan fingerprint density at radius 1 is 1.23 bits per heavy atom. The molecule has 7 nitrogen and oxygen atoms in total. The first-order valence-corrected chi connectivity index (χ1v) is 10.4. The summed E-state index contributed by atoms with van der Waals surface area (Å²) in [5.41, 5.74) is 1.63. The first-order valence-electron chi connectivity index (χ1n) is 8.92. The van der Waals surface area contributed by atoms with Crippen LogP contribution in [0.15, 0.2) is 23.1 Å². The van der Waals surface area contributed by atoms with Crippen molar-refractivity contribution in [3.8, 4) is 0 Å². The number of rotatable bonds is 8. The van der Waals surface area contributed by atoms with Gasteiger partial charge in [0.15, 0.2) is 0 Å². The molecular weight excluding hydrogens is 354 g/mol. The Kier molecular flexibility index (Phi) is 6.77. The number of unbranched alkanes of at least 4 members (excludes halogenated alkanes) is 1. The van der Waals surface area contributed by atoms with Crippen LogP contribution in [-0.4, -0.2) is 51.3 Å². The van der Waals surface area contributed by atoms with E-state index >= 15 is 0 Å². The standard InChI is InChI=1S/C18H27N3O4S/c1-4-5-10-20(14(2)22)12-9-19-26(24,25)17-6-7-18-16(13-17)8-11-21(18)15(3)23/h6-7,13,19H,4-5,8-12H2,1-3H3. The third kappa shape index (κ3) is 4.82. The maximum Gasteiger partial charge on any atom is 0.240 e. The monoisotopic (exact) mass is 381 g/mol. The van der Waals surface area contributed by atoms with Crippen LogP contribution in [0.2, 0.25) is 0 Å². The number of fused-ring (bicyclic) bond motifs is 1. The van der Waals surface area contributed by atoms with Crippen molar-refractivity contribution in [3.63, 3.8) is 0 Å². The molecule has 0 spiro atoms. The predicted molar refractivity (Wildman–Crippen MR) is 101 cm³/mol. The normalized spacial score (nSPS) is 13.6. The second-order valence-electron chi connectivity index (χ2n) is 6.47. The van der Waals surface area contributed by atoms with Crippen LogP contribution in [0.4, 0.5) is 5.69 Å². The first-order chi connectivity index (χ1) is 12.3. The summed E-state index contributed by atoms with van der Waals surface area (Å²) in [5, 5.41) is 0. The van der Waals surface area contributed by atoms with Gasteiger partial charge in [-0.3, -0.25) is 9.59 Å². The van der Waals surface area contributed by atoms with Gasteiger partial charge in [-0.25, -0.2) is 13.1 Å². The Morgan fingerprint density at radius 3 is 2.58 bits per heavy atom. The highest BCUT2D eigenvalue weighted by molar-refractivity contribution is 7.89. The average Bonchev–Trinajstić information content (AvgIpc) is 3.01. The fourth-order valence-electron chi connectivity index (χ4n) is 3.05. The molecule has 1 heterocycles. The van der Waals surface area contributed by atoms with E-state index < -0.39 is 10.0 Å². The molecule has 2 rings (SSSR count). The first kappa shape index (κ1) is 20.4. The number of anilines is 1. The van der Waals surface area contributed by atoms with Crippen LogP contribution >= 0.6 is 0 Å². The number of hydrogen-bond acceptors (Lipinski definition) is 4. The Hall–Kier alpha value is -1.93. The lowest BCUT2D eigenvalue weighted by molar-refractivity contribution is -0.128. The van der Waals surface area contributed by atoms with Crippen molar-refractivity contribution in [2.45, 2.75) is 44.9 Å². The lowest BCUT2D eigenvalue weighted by atomic mass is 10.2.